The standard InChI is InChI=1S/C14H22N4O2/c1-4-5-13(20)18-7-6-10(9-18)11-8-12(19)16-14(15-11)17(2)3/h8,10H,4-7,9H2,1-3H3,(H,15,16,19). The van der Waals surface area contributed by atoms with Gasteiger partial charge in [0.15, 0.2) is 0 Å². The quantitative estimate of drug-likeness (QED) is 0.890. The van der Waals surface area contributed by atoms with Crippen LogP contribution in [-0.2, 0) is 4.79 Å². The molecule has 1 aromatic heterocycles. The van der Waals surface area contributed by atoms with Crippen LogP contribution >= 0.6 is 0 Å². The Hall–Kier alpha value is -1.85. The third-order valence-electron chi connectivity index (χ3n) is 3.60. The second kappa shape index (κ2) is 6.07. The van der Waals surface area contributed by atoms with E-state index in [2.05, 4.69) is 9.97 Å². The summed E-state index contributed by atoms with van der Waals surface area (Å²) >= 11 is 0. The molecule has 6 nitrogen and oxygen atoms in total. The first-order valence-electron chi connectivity index (χ1n) is 7.07. The third-order valence-corrected chi connectivity index (χ3v) is 3.60. The van der Waals surface area contributed by atoms with Crippen LogP contribution < -0.4 is 10.5 Å². The van der Waals surface area contributed by atoms with E-state index in [1.807, 2.05) is 25.9 Å². The molecule has 2 heterocycles. The lowest BCUT2D eigenvalue weighted by Crippen LogP contribution is -2.28. The SMILES string of the molecule is CCCC(=O)N1CCC(c2cc(=O)[nH]c(N(C)C)n2)C1. The molecule has 1 atom stereocenters. The molecule has 6 heteroatoms. The average molecular weight is 278 g/mol. The van der Waals surface area contributed by atoms with E-state index in [0.29, 0.717) is 18.9 Å². The molecule has 2 rings (SSSR count). The van der Waals surface area contributed by atoms with Crippen molar-refractivity contribution in [1.29, 1.82) is 0 Å². The average Bonchev–Trinajstić information content (AvgIpc) is 2.88. The molecular formula is C14H22N4O2. The van der Waals surface area contributed by atoms with E-state index < -0.39 is 0 Å². The Morgan fingerprint density at radius 3 is 2.95 bits per heavy atom. The van der Waals surface area contributed by atoms with Crippen molar-refractivity contribution < 1.29 is 4.79 Å². The van der Waals surface area contributed by atoms with E-state index >= 15 is 0 Å². The van der Waals surface area contributed by atoms with E-state index in [4.69, 9.17) is 0 Å². The predicted octanol–water partition coefficient (Wildman–Crippen LogP) is 0.952. The van der Waals surface area contributed by atoms with Gasteiger partial charge in [-0.2, -0.15) is 0 Å². The molecule has 1 N–H and O–H groups in total. The molecule has 1 amide bonds. The second-order valence-corrected chi connectivity index (χ2v) is 5.46. The van der Waals surface area contributed by atoms with Gasteiger partial charge in [0, 0.05) is 45.6 Å². The Balaban J connectivity index is 2.14. The number of amides is 1. The third kappa shape index (κ3) is 3.18. The van der Waals surface area contributed by atoms with Crippen LogP contribution in [0.15, 0.2) is 10.9 Å². The molecule has 0 bridgehead atoms. The van der Waals surface area contributed by atoms with E-state index in [0.717, 1.165) is 25.1 Å². The minimum atomic E-state index is -0.142. The van der Waals surface area contributed by atoms with Gasteiger partial charge in [-0.25, -0.2) is 4.98 Å². The number of aromatic amines is 1. The van der Waals surface area contributed by atoms with Crippen LogP contribution in [0.2, 0.25) is 0 Å². The van der Waals surface area contributed by atoms with E-state index in [-0.39, 0.29) is 17.4 Å². The van der Waals surface area contributed by atoms with Gasteiger partial charge in [0.1, 0.15) is 0 Å². The summed E-state index contributed by atoms with van der Waals surface area (Å²) in [6, 6.07) is 1.55. The lowest BCUT2D eigenvalue weighted by Gasteiger charge is -2.17. The highest BCUT2D eigenvalue weighted by molar-refractivity contribution is 5.76. The van der Waals surface area contributed by atoms with E-state index in [1.54, 1.807) is 11.0 Å². The highest BCUT2D eigenvalue weighted by Gasteiger charge is 2.28. The lowest BCUT2D eigenvalue weighted by molar-refractivity contribution is -0.130. The highest BCUT2D eigenvalue weighted by atomic mass is 16.2. The Morgan fingerprint density at radius 2 is 2.30 bits per heavy atom. The largest absolute Gasteiger partial charge is 0.348 e. The first-order valence-corrected chi connectivity index (χ1v) is 7.07. The molecular weight excluding hydrogens is 256 g/mol. The number of hydrogen-bond acceptors (Lipinski definition) is 4. The maximum Gasteiger partial charge on any atom is 0.252 e. The fourth-order valence-electron chi connectivity index (χ4n) is 2.48. The van der Waals surface area contributed by atoms with Crippen molar-refractivity contribution in [2.24, 2.45) is 0 Å². The summed E-state index contributed by atoms with van der Waals surface area (Å²) in [6.45, 7) is 3.44. The molecule has 1 aromatic rings. The summed E-state index contributed by atoms with van der Waals surface area (Å²) in [5.74, 6) is 0.926. The molecule has 1 fully saturated rings. The fourth-order valence-corrected chi connectivity index (χ4v) is 2.48. The number of carbonyl (C=O) groups is 1. The number of carbonyl (C=O) groups excluding carboxylic acids is 1. The maximum atomic E-state index is 11.9. The maximum absolute atomic E-state index is 11.9. The van der Waals surface area contributed by atoms with Crippen molar-refractivity contribution in [3.8, 4) is 0 Å². The molecule has 110 valence electrons. The second-order valence-electron chi connectivity index (χ2n) is 5.46. The molecule has 1 aliphatic rings. The first-order chi connectivity index (χ1) is 9.51. The topological polar surface area (TPSA) is 69.3 Å². The van der Waals surface area contributed by atoms with Gasteiger partial charge in [0.05, 0.1) is 5.69 Å². The number of H-pyrrole nitrogens is 1. The molecule has 1 unspecified atom stereocenters. The molecule has 0 radical (unpaired) electrons. The van der Waals surface area contributed by atoms with Crippen LogP contribution in [0.25, 0.3) is 0 Å². The zero-order valence-electron chi connectivity index (χ0n) is 12.3. The van der Waals surface area contributed by atoms with Crippen molar-refractivity contribution in [3.05, 3.63) is 22.1 Å². The van der Waals surface area contributed by atoms with Crippen LogP contribution in [0.5, 0.6) is 0 Å². The smallest absolute Gasteiger partial charge is 0.252 e. The van der Waals surface area contributed by atoms with Crippen LogP contribution in [0.3, 0.4) is 0 Å². The molecule has 1 saturated heterocycles. The summed E-state index contributed by atoms with van der Waals surface area (Å²) in [5, 5.41) is 0. The Kier molecular flexibility index (Phi) is 4.42. The predicted molar refractivity (Wildman–Crippen MR) is 78.0 cm³/mol. The minimum Gasteiger partial charge on any atom is -0.348 e. The monoisotopic (exact) mass is 278 g/mol. The van der Waals surface area contributed by atoms with Crippen LogP contribution in [0.1, 0.15) is 37.8 Å². The number of likely N-dealkylation sites (tertiary alicyclic amines) is 1. The molecule has 0 aliphatic carbocycles. The molecule has 20 heavy (non-hydrogen) atoms. The summed E-state index contributed by atoms with van der Waals surface area (Å²) < 4.78 is 0. The van der Waals surface area contributed by atoms with Gasteiger partial charge in [-0.15, -0.1) is 0 Å². The zero-order chi connectivity index (χ0) is 14.7. The Labute approximate surface area is 118 Å². The Morgan fingerprint density at radius 1 is 1.55 bits per heavy atom. The van der Waals surface area contributed by atoms with Gasteiger partial charge in [-0.05, 0) is 12.8 Å². The summed E-state index contributed by atoms with van der Waals surface area (Å²) in [7, 11) is 3.68. The molecule has 0 spiro atoms. The van der Waals surface area contributed by atoms with Crippen LogP contribution in [0.4, 0.5) is 5.95 Å². The fraction of sp³-hybridized carbons (Fsp3) is 0.643. The van der Waals surface area contributed by atoms with Crippen molar-refractivity contribution >= 4 is 11.9 Å². The van der Waals surface area contributed by atoms with Crippen LogP contribution in [-0.4, -0.2) is 48.0 Å². The zero-order valence-corrected chi connectivity index (χ0v) is 12.3. The summed E-state index contributed by atoms with van der Waals surface area (Å²) in [6.07, 6.45) is 2.34. The van der Waals surface area contributed by atoms with Crippen molar-refractivity contribution in [1.82, 2.24) is 14.9 Å². The van der Waals surface area contributed by atoms with Crippen molar-refractivity contribution in [2.75, 3.05) is 32.1 Å². The van der Waals surface area contributed by atoms with Crippen molar-refractivity contribution in [3.63, 3.8) is 0 Å². The van der Waals surface area contributed by atoms with Gasteiger partial charge < -0.3 is 9.80 Å². The number of nitrogens with one attached hydrogen (secondary N) is 1. The normalized spacial score (nSPS) is 18.4. The minimum absolute atomic E-state index is 0.142. The summed E-state index contributed by atoms with van der Waals surface area (Å²) in [4.78, 5) is 34.4. The number of aromatic nitrogens is 2. The van der Waals surface area contributed by atoms with Gasteiger partial charge in [-0.1, -0.05) is 6.92 Å². The van der Waals surface area contributed by atoms with E-state index in [1.165, 1.54) is 0 Å². The van der Waals surface area contributed by atoms with Crippen LogP contribution in [0, 0.1) is 0 Å². The van der Waals surface area contributed by atoms with Gasteiger partial charge in [-0.3, -0.25) is 14.6 Å². The van der Waals surface area contributed by atoms with Crippen molar-refractivity contribution in [2.45, 2.75) is 32.1 Å². The first kappa shape index (κ1) is 14.6. The molecule has 1 aliphatic heterocycles. The highest BCUT2D eigenvalue weighted by Crippen LogP contribution is 2.26. The van der Waals surface area contributed by atoms with Gasteiger partial charge >= 0.3 is 0 Å². The number of rotatable bonds is 4. The Bertz CT molecular complexity index is 538. The van der Waals surface area contributed by atoms with Gasteiger partial charge in [0.2, 0.25) is 11.9 Å². The number of anilines is 1. The summed E-state index contributed by atoms with van der Waals surface area (Å²) in [5.41, 5.74) is 0.640. The lowest BCUT2D eigenvalue weighted by atomic mass is 10.1. The number of hydrogen-bond donors (Lipinski definition) is 1. The van der Waals surface area contributed by atoms with E-state index in [9.17, 15) is 9.59 Å². The molecule has 0 aromatic carbocycles. The number of nitrogens with zero attached hydrogens (tertiary/aromatic N) is 3. The van der Waals surface area contributed by atoms with Gasteiger partial charge in [0.25, 0.3) is 5.56 Å². The molecule has 0 saturated carbocycles.